The summed E-state index contributed by atoms with van der Waals surface area (Å²) in [7, 11) is 2.91. The van der Waals surface area contributed by atoms with Gasteiger partial charge in [0.15, 0.2) is 6.04 Å². The van der Waals surface area contributed by atoms with Crippen LogP contribution in [0, 0.1) is 24.2 Å². The molecule has 1 aliphatic rings. The second-order valence-electron chi connectivity index (χ2n) is 12.3. The minimum Gasteiger partial charge on any atom is -0.497 e. The van der Waals surface area contributed by atoms with E-state index in [4.69, 9.17) is 21.1 Å². The summed E-state index contributed by atoms with van der Waals surface area (Å²) in [6.45, 7) is 1.81. The lowest BCUT2D eigenvalue weighted by Crippen LogP contribution is -2.23. The van der Waals surface area contributed by atoms with Crippen LogP contribution < -0.4 is 4.74 Å². The third-order valence-corrected chi connectivity index (χ3v) is 9.95. The highest BCUT2D eigenvalue weighted by Gasteiger charge is 2.34. The number of hydrogen-bond donors (Lipinski definition) is 0. The average molecular weight is 676 g/mol. The number of hydrogen-bond acceptors (Lipinski definition) is 8. The van der Waals surface area contributed by atoms with Crippen molar-refractivity contribution < 1.29 is 19.1 Å². The van der Waals surface area contributed by atoms with Crippen LogP contribution in [0.1, 0.15) is 65.8 Å². The van der Waals surface area contributed by atoms with Crippen molar-refractivity contribution in [2.75, 3.05) is 14.2 Å². The van der Waals surface area contributed by atoms with E-state index in [1.165, 1.54) is 26.3 Å². The first kappa shape index (κ1) is 32.1. The fourth-order valence-electron chi connectivity index (χ4n) is 7.32. The molecular formula is C37H34ClN7O4. The van der Waals surface area contributed by atoms with Gasteiger partial charge in [-0.15, -0.1) is 0 Å². The van der Waals surface area contributed by atoms with Crippen LogP contribution in [0.3, 0.4) is 0 Å². The Morgan fingerprint density at radius 3 is 2.55 bits per heavy atom. The van der Waals surface area contributed by atoms with Gasteiger partial charge < -0.3 is 14.0 Å². The van der Waals surface area contributed by atoms with E-state index in [9.17, 15) is 14.9 Å². The molecule has 4 aromatic heterocycles. The van der Waals surface area contributed by atoms with E-state index < -0.39 is 12.0 Å². The second kappa shape index (κ2) is 13.2. The van der Waals surface area contributed by atoms with Crippen molar-refractivity contribution >= 4 is 45.4 Å². The van der Waals surface area contributed by atoms with E-state index in [2.05, 4.69) is 21.1 Å². The van der Waals surface area contributed by atoms with Crippen LogP contribution >= 0.6 is 11.6 Å². The predicted octanol–water partition coefficient (Wildman–Crippen LogP) is 7.32. The van der Waals surface area contributed by atoms with Crippen molar-refractivity contribution in [1.82, 2.24) is 28.9 Å². The quantitative estimate of drug-likeness (QED) is 0.146. The van der Waals surface area contributed by atoms with E-state index in [-0.39, 0.29) is 11.9 Å². The molecule has 0 radical (unpaired) electrons. The summed E-state index contributed by atoms with van der Waals surface area (Å²) in [6.07, 6.45) is 11.9. The Labute approximate surface area is 287 Å². The van der Waals surface area contributed by atoms with Crippen molar-refractivity contribution in [2.45, 2.75) is 51.1 Å². The van der Waals surface area contributed by atoms with Crippen LogP contribution in [-0.2, 0) is 9.53 Å². The summed E-state index contributed by atoms with van der Waals surface area (Å²) in [5.74, 6) is 0.172. The predicted molar refractivity (Wildman–Crippen MR) is 185 cm³/mol. The third kappa shape index (κ3) is 5.62. The Hall–Kier alpha value is -5.47. The summed E-state index contributed by atoms with van der Waals surface area (Å²) in [4.78, 5) is 37.1. The summed E-state index contributed by atoms with van der Waals surface area (Å²) < 4.78 is 16.2. The number of carbonyl (C=O) groups is 2. The zero-order chi connectivity index (χ0) is 34.2. The third-order valence-electron chi connectivity index (χ3n) is 9.70. The number of benzene rings is 2. The number of nitrogens with zero attached hydrogens (tertiary/aromatic N) is 7. The van der Waals surface area contributed by atoms with Crippen LogP contribution in [0.2, 0.25) is 5.02 Å². The number of nitriles is 1. The number of esters is 1. The van der Waals surface area contributed by atoms with Gasteiger partial charge >= 0.3 is 5.97 Å². The van der Waals surface area contributed by atoms with Crippen LogP contribution in [-0.4, -0.2) is 55.0 Å². The lowest BCUT2D eigenvalue weighted by Gasteiger charge is -2.21. The molecule has 0 saturated heterocycles. The summed E-state index contributed by atoms with van der Waals surface area (Å²) in [5.41, 5.74) is 4.12. The van der Waals surface area contributed by atoms with E-state index in [0.29, 0.717) is 67.6 Å². The fraction of sp³-hybridized carbons (Fsp3) is 0.297. The first-order valence-electron chi connectivity index (χ1n) is 16.1. The SMILES string of the molecule is COC(=O)C(c1c(C)n(C(=O)c2ccc(Cl)cc2)c2ccc(OC)cc12)n1ccc2c(-c3cnn(C(CC#N)C4CCCC4)c3)ncnc21. The Morgan fingerprint density at radius 2 is 1.84 bits per heavy atom. The van der Waals surface area contributed by atoms with Gasteiger partial charge in [-0.05, 0) is 74.2 Å². The zero-order valence-corrected chi connectivity index (χ0v) is 28.1. The number of methoxy groups -OCH3 is 2. The topological polar surface area (TPSA) is 130 Å². The van der Waals surface area contributed by atoms with Gasteiger partial charge in [0.05, 0.1) is 50.2 Å². The maximum Gasteiger partial charge on any atom is 0.333 e. The van der Waals surface area contributed by atoms with Crippen LogP contribution in [0.4, 0.5) is 0 Å². The number of carbonyl (C=O) groups excluding carboxylic acids is 2. The fourth-order valence-corrected chi connectivity index (χ4v) is 7.45. The Kier molecular flexibility index (Phi) is 8.65. The lowest BCUT2D eigenvalue weighted by molar-refractivity contribution is -0.143. The van der Waals surface area contributed by atoms with Crippen molar-refractivity contribution in [3.63, 3.8) is 0 Å². The van der Waals surface area contributed by atoms with Gasteiger partial charge in [0.2, 0.25) is 0 Å². The number of halogens is 1. The molecule has 2 aromatic carbocycles. The molecule has 2 unspecified atom stereocenters. The van der Waals surface area contributed by atoms with Crippen LogP contribution in [0.5, 0.6) is 5.75 Å². The molecule has 12 heteroatoms. The van der Waals surface area contributed by atoms with Gasteiger partial charge in [-0.3, -0.25) is 14.0 Å². The molecule has 0 N–H and O–H groups in total. The smallest absolute Gasteiger partial charge is 0.333 e. The van der Waals surface area contributed by atoms with Gasteiger partial charge in [0.25, 0.3) is 5.91 Å². The average Bonchev–Trinajstić information content (AvgIpc) is 3.94. The molecule has 49 heavy (non-hydrogen) atoms. The Bertz CT molecular complexity index is 2240. The van der Waals surface area contributed by atoms with Crippen molar-refractivity contribution in [3.05, 3.63) is 95.3 Å². The number of rotatable bonds is 9. The molecule has 6 aromatic rings. The molecule has 1 fully saturated rings. The lowest BCUT2D eigenvalue weighted by atomic mass is 9.96. The van der Waals surface area contributed by atoms with Crippen LogP contribution in [0.15, 0.2) is 73.4 Å². The number of fused-ring (bicyclic) bond motifs is 2. The van der Waals surface area contributed by atoms with Crippen LogP contribution in [0.25, 0.3) is 33.2 Å². The summed E-state index contributed by atoms with van der Waals surface area (Å²) in [6, 6.07) is 15.3. The minimum atomic E-state index is -1.01. The molecule has 2 atom stereocenters. The van der Waals surface area contributed by atoms with Crippen molar-refractivity contribution in [1.29, 1.82) is 5.26 Å². The molecule has 1 aliphatic carbocycles. The zero-order valence-electron chi connectivity index (χ0n) is 27.3. The van der Waals surface area contributed by atoms with Crippen molar-refractivity contribution in [3.8, 4) is 23.1 Å². The number of aromatic nitrogens is 6. The molecule has 0 spiro atoms. The maximum absolute atomic E-state index is 14.0. The standard InChI is InChI=1S/C37H34ClN7O4/c1-22-32(29-18-27(48-2)12-13-31(29)45(22)36(46)24-8-10-26(38)11-9-24)34(37(47)49-3)43-17-15-28-33(40-21-41-35(28)43)25-19-42-44(20-25)30(14-16-39)23-6-4-5-7-23/h8-13,15,17-21,23,30,34H,4-7,14H2,1-3H3. The molecule has 0 amide bonds. The largest absolute Gasteiger partial charge is 0.497 e. The van der Waals surface area contributed by atoms with Gasteiger partial charge in [-0.1, -0.05) is 24.4 Å². The summed E-state index contributed by atoms with van der Waals surface area (Å²) >= 11 is 6.12. The monoisotopic (exact) mass is 675 g/mol. The van der Waals surface area contributed by atoms with E-state index in [1.807, 2.05) is 36.0 Å². The molecule has 0 bridgehead atoms. The maximum atomic E-state index is 14.0. The van der Waals surface area contributed by atoms with E-state index in [0.717, 1.165) is 18.4 Å². The highest BCUT2D eigenvalue weighted by atomic mass is 35.5. The second-order valence-corrected chi connectivity index (χ2v) is 12.8. The first-order valence-corrected chi connectivity index (χ1v) is 16.5. The van der Waals surface area contributed by atoms with Gasteiger partial charge in [0, 0.05) is 50.6 Å². The van der Waals surface area contributed by atoms with Gasteiger partial charge in [0.1, 0.15) is 17.7 Å². The normalized spacial score (nSPS) is 14.6. The first-order chi connectivity index (χ1) is 23.8. The molecule has 1 saturated carbocycles. The molecule has 0 aliphatic heterocycles. The molecule has 7 rings (SSSR count). The highest BCUT2D eigenvalue weighted by molar-refractivity contribution is 6.30. The van der Waals surface area contributed by atoms with Gasteiger partial charge in [-0.2, -0.15) is 10.4 Å². The highest BCUT2D eigenvalue weighted by Crippen LogP contribution is 2.40. The van der Waals surface area contributed by atoms with Gasteiger partial charge in [-0.25, -0.2) is 14.8 Å². The van der Waals surface area contributed by atoms with Crippen molar-refractivity contribution in [2.24, 2.45) is 5.92 Å². The minimum absolute atomic E-state index is 0.000233. The molecular weight excluding hydrogens is 642 g/mol. The molecule has 4 heterocycles. The van der Waals surface area contributed by atoms with E-state index >= 15 is 0 Å². The Morgan fingerprint density at radius 1 is 1.06 bits per heavy atom. The Balaban J connectivity index is 1.37. The molecule has 11 nitrogen and oxygen atoms in total. The van der Waals surface area contributed by atoms with E-state index in [1.54, 1.807) is 59.0 Å². The number of ether oxygens (including phenoxy) is 2. The summed E-state index contributed by atoms with van der Waals surface area (Å²) in [5, 5.41) is 16.1. The molecule has 248 valence electrons.